The van der Waals surface area contributed by atoms with Crippen molar-refractivity contribution in [3.63, 3.8) is 0 Å². The summed E-state index contributed by atoms with van der Waals surface area (Å²) in [4.78, 5) is 14.7. The van der Waals surface area contributed by atoms with Gasteiger partial charge in [0.2, 0.25) is 0 Å². The molecule has 5 heteroatoms. The number of hydrogen-bond acceptors (Lipinski definition) is 2. The summed E-state index contributed by atoms with van der Waals surface area (Å²) in [5, 5.41) is 10.8. The van der Waals surface area contributed by atoms with Crippen LogP contribution in [0.5, 0.6) is 5.75 Å². The van der Waals surface area contributed by atoms with Gasteiger partial charge in [-0.05, 0) is 37.0 Å². The predicted octanol–water partition coefficient (Wildman–Crippen LogP) is 3.33. The van der Waals surface area contributed by atoms with Crippen LogP contribution >= 0.6 is 11.6 Å². The number of carboxylic acids is 1. The molecule has 1 aliphatic carbocycles. The second kappa shape index (κ2) is 4.46. The third-order valence-electron chi connectivity index (χ3n) is 3.77. The first-order valence-corrected chi connectivity index (χ1v) is 6.61. The highest BCUT2D eigenvalue weighted by Gasteiger charge is 2.31. The molecule has 1 aromatic carbocycles. The summed E-state index contributed by atoms with van der Waals surface area (Å²) in [5.41, 5.74) is 2.60. The molecule has 0 radical (unpaired) electrons. The molecule has 0 bridgehead atoms. The Hall–Kier alpha value is -1.68. The summed E-state index contributed by atoms with van der Waals surface area (Å²) >= 11 is 6.27. The molecule has 1 atom stereocenters. The van der Waals surface area contributed by atoms with Crippen LogP contribution in [0.4, 0.5) is 0 Å². The van der Waals surface area contributed by atoms with Crippen molar-refractivity contribution < 1.29 is 14.6 Å². The summed E-state index contributed by atoms with van der Waals surface area (Å²) in [6.45, 7) is 0. The van der Waals surface area contributed by atoms with Crippen molar-refractivity contribution in [2.45, 2.75) is 25.2 Å². The molecule has 3 rings (SSSR count). The third kappa shape index (κ3) is 1.78. The Morgan fingerprint density at radius 1 is 1.53 bits per heavy atom. The van der Waals surface area contributed by atoms with Gasteiger partial charge in [-0.1, -0.05) is 11.6 Å². The minimum absolute atomic E-state index is 0.484. The van der Waals surface area contributed by atoms with Crippen LogP contribution in [0, 0.1) is 0 Å². The molecule has 1 unspecified atom stereocenters. The lowest BCUT2D eigenvalue weighted by molar-refractivity contribution is -0.139. The van der Waals surface area contributed by atoms with Crippen molar-refractivity contribution in [2.24, 2.45) is 0 Å². The predicted molar refractivity (Wildman–Crippen MR) is 73.2 cm³/mol. The molecular formula is C14H14ClNO3. The van der Waals surface area contributed by atoms with Gasteiger partial charge < -0.3 is 14.8 Å². The van der Waals surface area contributed by atoms with Gasteiger partial charge in [-0.25, -0.2) is 0 Å². The first kappa shape index (κ1) is 12.4. The van der Waals surface area contributed by atoms with Crippen LogP contribution in [0.2, 0.25) is 5.02 Å². The number of methoxy groups -OCH3 is 1. The number of carboxylic acid groups (broad SMARTS) is 1. The van der Waals surface area contributed by atoms with Gasteiger partial charge in [-0.2, -0.15) is 0 Å². The Labute approximate surface area is 115 Å². The van der Waals surface area contributed by atoms with Gasteiger partial charge in [-0.3, -0.25) is 4.79 Å². The molecule has 0 fully saturated rings. The maximum atomic E-state index is 11.4. The number of aromatic nitrogens is 1. The summed E-state index contributed by atoms with van der Waals surface area (Å²) in [5.74, 6) is -0.583. The van der Waals surface area contributed by atoms with Gasteiger partial charge in [0.05, 0.1) is 23.6 Å². The molecule has 2 aromatic rings. The van der Waals surface area contributed by atoms with Crippen molar-refractivity contribution >= 4 is 28.5 Å². The highest BCUT2D eigenvalue weighted by atomic mass is 35.5. The van der Waals surface area contributed by atoms with Gasteiger partial charge in [-0.15, -0.1) is 0 Å². The molecular weight excluding hydrogens is 266 g/mol. The van der Waals surface area contributed by atoms with Crippen LogP contribution in [0.1, 0.15) is 30.0 Å². The third-order valence-corrected chi connectivity index (χ3v) is 4.09. The van der Waals surface area contributed by atoms with E-state index >= 15 is 0 Å². The first-order chi connectivity index (χ1) is 9.13. The van der Waals surface area contributed by atoms with E-state index in [0.29, 0.717) is 17.2 Å². The number of hydrogen-bond donors (Lipinski definition) is 2. The van der Waals surface area contributed by atoms with Gasteiger partial charge in [0, 0.05) is 11.1 Å². The molecule has 1 heterocycles. The maximum absolute atomic E-state index is 11.4. The Balaban J connectivity index is 2.35. The number of benzene rings is 1. The largest absolute Gasteiger partial charge is 0.495 e. The average molecular weight is 280 g/mol. The number of carbonyl (C=O) groups is 1. The highest BCUT2D eigenvalue weighted by Crippen LogP contribution is 2.42. The van der Waals surface area contributed by atoms with Gasteiger partial charge >= 0.3 is 5.97 Å². The second-order valence-electron chi connectivity index (χ2n) is 4.80. The Morgan fingerprint density at radius 2 is 2.32 bits per heavy atom. The number of halogens is 1. The minimum Gasteiger partial charge on any atom is -0.495 e. The molecule has 19 heavy (non-hydrogen) atoms. The van der Waals surface area contributed by atoms with E-state index in [1.165, 1.54) is 0 Å². The van der Waals surface area contributed by atoms with E-state index in [2.05, 4.69) is 4.98 Å². The standard InChI is InChI=1S/C14H14ClNO3/c1-19-10-6-5-8(15)12-11-7(14(17)18)3-2-4-9(11)16-13(10)12/h5-7,16H,2-4H2,1H3,(H,17,18). The lowest BCUT2D eigenvalue weighted by Crippen LogP contribution is -2.17. The number of ether oxygens (including phenoxy) is 1. The quantitative estimate of drug-likeness (QED) is 0.886. The van der Waals surface area contributed by atoms with Crippen molar-refractivity contribution in [2.75, 3.05) is 7.11 Å². The molecule has 0 saturated carbocycles. The first-order valence-electron chi connectivity index (χ1n) is 6.23. The topological polar surface area (TPSA) is 62.3 Å². The number of aryl methyl sites for hydroxylation is 1. The lowest BCUT2D eigenvalue weighted by atomic mass is 9.85. The molecule has 2 N–H and O–H groups in total. The van der Waals surface area contributed by atoms with Crippen molar-refractivity contribution in [1.82, 2.24) is 4.98 Å². The van der Waals surface area contributed by atoms with E-state index in [-0.39, 0.29) is 0 Å². The zero-order valence-corrected chi connectivity index (χ0v) is 11.3. The van der Waals surface area contributed by atoms with Crippen LogP contribution in [0.25, 0.3) is 10.9 Å². The Morgan fingerprint density at radius 3 is 3.00 bits per heavy atom. The molecule has 0 saturated heterocycles. The van der Waals surface area contributed by atoms with Gasteiger partial charge in [0.25, 0.3) is 0 Å². The zero-order chi connectivity index (χ0) is 13.6. The van der Waals surface area contributed by atoms with Gasteiger partial charge in [0.15, 0.2) is 0 Å². The Kier molecular flexibility index (Phi) is 2.90. The van der Waals surface area contributed by atoms with E-state index < -0.39 is 11.9 Å². The van der Waals surface area contributed by atoms with E-state index in [9.17, 15) is 9.90 Å². The van der Waals surface area contributed by atoms with Crippen molar-refractivity contribution in [3.8, 4) is 5.75 Å². The SMILES string of the molecule is COc1ccc(Cl)c2c3c([nH]c12)CCCC3C(=O)O. The van der Waals surface area contributed by atoms with Crippen LogP contribution in [0.3, 0.4) is 0 Å². The number of aromatic amines is 1. The number of nitrogens with one attached hydrogen (secondary N) is 1. The van der Waals surface area contributed by atoms with Crippen LogP contribution in [0.15, 0.2) is 12.1 Å². The molecule has 0 aliphatic heterocycles. The Bertz CT molecular complexity index is 662. The molecule has 1 aromatic heterocycles. The monoisotopic (exact) mass is 279 g/mol. The molecule has 0 spiro atoms. The fourth-order valence-electron chi connectivity index (χ4n) is 2.94. The number of fused-ring (bicyclic) bond motifs is 3. The van der Waals surface area contributed by atoms with E-state index in [1.54, 1.807) is 19.2 Å². The van der Waals surface area contributed by atoms with Crippen LogP contribution < -0.4 is 4.74 Å². The second-order valence-corrected chi connectivity index (χ2v) is 5.21. The molecule has 1 aliphatic rings. The normalized spacial score (nSPS) is 18.3. The summed E-state index contributed by atoms with van der Waals surface area (Å²) in [7, 11) is 1.59. The summed E-state index contributed by atoms with van der Waals surface area (Å²) in [6.07, 6.45) is 2.38. The molecule has 100 valence electrons. The summed E-state index contributed by atoms with van der Waals surface area (Å²) < 4.78 is 5.32. The number of aliphatic carboxylic acids is 1. The molecule has 4 nitrogen and oxygen atoms in total. The smallest absolute Gasteiger partial charge is 0.311 e. The number of H-pyrrole nitrogens is 1. The van der Waals surface area contributed by atoms with Crippen molar-refractivity contribution in [1.29, 1.82) is 0 Å². The lowest BCUT2D eigenvalue weighted by Gasteiger charge is -2.19. The summed E-state index contributed by atoms with van der Waals surface area (Å²) in [6, 6.07) is 3.55. The zero-order valence-electron chi connectivity index (χ0n) is 10.5. The maximum Gasteiger partial charge on any atom is 0.311 e. The van der Waals surface area contributed by atoms with E-state index in [0.717, 1.165) is 35.0 Å². The molecule has 0 amide bonds. The van der Waals surface area contributed by atoms with Crippen LogP contribution in [-0.4, -0.2) is 23.2 Å². The highest BCUT2D eigenvalue weighted by molar-refractivity contribution is 6.36. The minimum atomic E-state index is -0.791. The average Bonchev–Trinajstić information content (AvgIpc) is 2.78. The van der Waals surface area contributed by atoms with Crippen LogP contribution in [-0.2, 0) is 11.2 Å². The van der Waals surface area contributed by atoms with Gasteiger partial charge in [0.1, 0.15) is 5.75 Å². The number of rotatable bonds is 2. The fraction of sp³-hybridized carbons (Fsp3) is 0.357. The van der Waals surface area contributed by atoms with E-state index in [1.807, 2.05) is 0 Å². The fourth-order valence-corrected chi connectivity index (χ4v) is 3.20. The van der Waals surface area contributed by atoms with E-state index in [4.69, 9.17) is 16.3 Å². The van der Waals surface area contributed by atoms with Crippen molar-refractivity contribution in [3.05, 3.63) is 28.4 Å².